The summed E-state index contributed by atoms with van der Waals surface area (Å²) in [6.07, 6.45) is 0.0802. The summed E-state index contributed by atoms with van der Waals surface area (Å²) in [7, 11) is 0. The van der Waals surface area contributed by atoms with Gasteiger partial charge in [0.15, 0.2) is 0 Å². The topological polar surface area (TPSA) is 61.4 Å². The standard InChI is InChI=1S/C16H24N2O2/c1-10(2)12-4-6-13(7-5-12)11(3)18-16(20)15-8-14(19)9-17-15/h4-7,10-11,14-15,17,19H,8-9H2,1-3H3,(H,18,20)/t11-,14-,15-/m0/s1. The zero-order chi connectivity index (χ0) is 14.7. The van der Waals surface area contributed by atoms with E-state index in [2.05, 4.69) is 48.7 Å². The lowest BCUT2D eigenvalue weighted by Crippen LogP contribution is -2.41. The van der Waals surface area contributed by atoms with E-state index in [-0.39, 0.29) is 18.0 Å². The molecule has 0 aliphatic carbocycles. The van der Waals surface area contributed by atoms with E-state index in [1.807, 2.05) is 6.92 Å². The Morgan fingerprint density at radius 1 is 1.25 bits per heavy atom. The third-order valence-electron chi connectivity index (χ3n) is 3.89. The molecular weight excluding hydrogens is 252 g/mol. The van der Waals surface area contributed by atoms with Crippen LogP contribution in [0, 0.1) is 0 Å². The van der Waals surface area contributed by atoms with Gasteiger partial charge in [0, 0.05) is 6.54 Å². The molecule has 0 saturated carbocycles. The van der Waals surface area contributed by atoms with Crippen molar-refractivity contribution in [3.05, 3.63) is 35.4 Å². The molecule has 0 unspecified atom stereocenters. The first kappa shape index (κ1) is 15.0. The number of hydrogen-bond acceptors (Lipinski definition) is 3. The number of benzene rings is 1. The van der Waals surface area contributed by atoms with E-state index in [1.54, 1.807) is 0 Å². The van der Waals surface area contributed by atoms with Crippen LogP contribution >= 0.6 is 0 Å². The summed E-state index contributed by atoms with van der Waals surface area (Å²) in [6.45, 7) is 6.80. The van der Waals surface area contributed by atoms with Crippen molar-refractivity contribution in [1.29, 1.82) is 0 Å². The van der Waals surface area contributed by atoms with Crippen LogP contribution in [0.5, 0.6) is 0 Å². The first-order valence-corrected chi connectivity index (χ1v) is 7.29. The lowest BCUT2D eigenvalue weighted by atomic mass is 9.99. The molecule has 3 N–H and O–H groups in total. The second kappa shape index (κ2) is 6.37. The minimum atomic E-state index is -0.411. The highest BCUT2D eigenvalue weighted by Gasteiger charge is 2.28. The number of β-amino-alcohol motifs (C(OH)–C–C–N with tert-alkyl or cyclic N) is 1. The van der Waals surface area contributed by atoms with Crippen LogP contribution in [0.1, 0.15) is 50.3 Å². The van der Waals surface area contributed by atoms with Gasteiger partial charge in [-0.3, -0.25) is 4.79 Å². The van der Waals surface area contributed by atoms with Crippen LogP contribution in [0.3, 0.4) is 0 Å². The van der Waals surface area contributed by atoms with Gasteiger partial charge in [0.1, 0.15) is 0 Å². The van der Waals surface area contributed by atoms with Gasteiger partial charge in [-0.05, 0) is 30.4 Å². The van der Waals surface area contributed by atoms with Crippen LogP contribution in [-0.4, -0.2) is 29.7 Å². The average Bonchev–Trinajstić information content (AvgIpc) is 2.85. The van der Waals surface area contributed by atoms with Gasteiger partial charge in [-0.1, -0.05) is 38.1 Å². The maximum atomic E-state index is 12.1. The molecule has 0 radical (unpaired) electrons. The predicted molar refractivity (Wildman–Crippen MR) is 79.5 cm³/mol. The van der Waals surface area contributed by atoms with Crippen LogP contribution in [0.2, 0.25) is 0 Å². The zero-order valence-corrected chi connectivity index (χ0v) is 12.4. The Bertz CT molecular complexity index is 456. The third kappa shape index (κ3) is 3.58. The van der Waals surface area contributed by atoms with Crippen LogP contribution in [-0.2, 0) is 4.79 Å². The van der Waals surface area contributed by atoms with E-state index in [9.17, 15) is 9.90 Å². The van der Waals surface area contributed by atoms with Crippen molar-refractivity contribution in [3.8, 4) is 0 Å². The molecule has 0 spiro atoms. The number of rotatable bonds is 4. The summed E-state index contributed by atoms with van der Waals surface area (Å²) < 4.78 is 0. The minimum absolute atomic E-state index is 0.0248. The van der Waals surface area contributed by atoms with Crippen molar-refractivity contribution in [2.45, 2.75) is 51.3 Å². The van der Waals surface area contributed by atoms with Crippen LogP contribution in [0.4, 0.5) is 0 Å². The zero-order valence-electron chi connectivity index (χ0n) is 12.4. The van der Waals surface area contributed by atoms with Gasteiger partial charge < -0.3 is 15.7 Å². The van der Waals surface area contributed by atoms with E-state index in [4.69, 9.17) is 0 Å². The Morgan fingerprint density at radius 3 is 2.35 bits per heavy atom. The van der Waals surface area contributed by atoms with Crippen molar-refractivity contribution in [1.82, 2.24) is 10.6 Å². The van der Waals surface area contributed by atoms with Gasteiger partial charge >= 0.3 is 0 Å². The van der Waals surface area contributed by atoms with Gasteiger partial charge in [0.25, 0.3) is 0 Å². The Hall–Kier alpha value is -1.39. The Balaban J connectivity index is 1.94. The molecule has 20 heavy (non-hydrogen) atoms. The predicted octanol–water partition coefficient (Wildman–Crippen LogP) is 1.71. The molecule has 1 heterocycles. The molecule has 0 aromatic heterocycles. The number of aliphatic hydroxyl groups is 1. The highest BCUT2D eigenvalue weighted by atomic mass is 16.3. The smallest absolute Gasteiger partial charge is 0.237 e. The molecule has 4 nitrogen and oxygen atoms in total. The van der Waals surface area contributed by atoms with Crippen molar-refractivity contribution < 1.29 is 9.90 Å². The Labute approximate surface area is 120 Å². The summed E-state index contributed by atoms with van der Waals surface area (Å²) in [4.78, 5) is 12.1. The SMILES string of the molecule is CC(C)c1ccc([C@H](C)NC(=O)[C@@H]2C[C@H](O)CN2)cc1. The molecule has 1 aliphatic heterocycles. The number of amides is 1. The van der Waals surface area contributed by atoms with E-state index < -0.39 is 6.10 Å². The first-order chi connectivity index (χ1) is 9.47. The highest BCUT2D eigenvalue weighted by Crippen LogP contribution is 2.19. The van der Waals surface area contributed by atoms with E-state index in [0.717, 1.165) is 5.56 Å². The van der Waals surface area contributed by atoms with Gasteiger partial charge in [-0.25, -0.2) is 0 Å². The monoisotopic (exact) mass is 276 g/mol. The number of aliphatic hydroxyl groups excluding tert-OH is 1. The van der Waals surface area contributed by atoms with E-state index in [1.165, 1.54) is 5.56 Å². The minimum Gasteiger partial charge on any atom is -0.392 e. The second-order valence-corrected chi connectivity index (χ2v) is 5.90. The summed E-state index contributed by atoms with van der Waals surface area (Å²) in [5.41, 5.74) is 2.40. The van der Waals surface area contributed by atoms with Gasteiger partial charge in [0.05, 0.1) is 18.2 Å². The fourth-order valence-corrected chi connectivity index (χ4v) is 2.48. The van der Waals surface area contributed by atoms with Gasteiger partial charge in [-0.15, -0.1) is 0 Å². The Morgan fingerprint density at radius 2 is 1.85 bits per heavy atom. The summed E-state index contributed by atoms with van der Waals surface area (Å²) >= 11 is 0. The van der Waals surface area contributed by atoms with Crippen LogP contribution < -0.4 is 10.6 Å². The van der Waals surface area contributed by atoms with E-state index >= 15 is 0 Å². The molecule has 1 amide bonds. The third-order valence-corrected chi connectivity index (χ3v) is 3.89. The van der Waals surface area contributed by atoms with Gasteiger partial charge in [0.2, 0.25) is 5.91 Å². The molecule has 1 aromatic carbocycles. The second-order valence-electron chi connectivity index (χ2n) is 5.90. The molecule has 1 aliphatic rings. The summed E-state index contributed by atoms with van der Waals surface area (Å²) in [6, 6.07) is 8.06. The molecule has 4 heteroatoms. The van der Waals surface area contributed by atoms with Crippen molar-refractivity contribution >= 4 is 5.91 Å². The van der Waals surface area contributed by atoms with Crippen molar-refractivity contribution in [2.24, 2.45) is 0 Å². The van der Waals surface area contributed by atoms with Crippen molar-refractivity contribution in [2.75, 3.05) is 6.54 Å². The Kier molecular flexibility index (Phi) is 4.78. The lowest BCUT2D eigenvalue weighted by molar-refractivity contribution is -0.123. The fourth-order valence-electron chi connectivity index (χ4n) is 2.48. The van der Waals surface area contributed by atoms with Gasteiger partial charge in [-0.2, -0.15) is 0 Å². The summed E-state index contributed by atoms with van der Waals surface area (Å²) in [5, 5.41) is 15.5. The molecular formula is C16H24N2O2. The number of carbonyl (C=O) groups excluding carboxylic acids is 1. The van der Waals surface area contributed by atoms with Crippen molar-refractivity contribution in [3.63, 3.8) is 0 Å². The highest BCUT2D eigenvalue weighted by molar-refractivity contribution is 5.82. The molecule has 0 bridgehead atoms. The maximum Gasteiger partial charge on any atom is 0.237 e. The molecule has 1 fully saturated rings. The quantitative estimate of drug-likeness (QED) is 0.784. The number of carbonyl (C=O) groups is 1. The van der Waals surface area contributed by atoms with E-state index in [0.29, 0.717) is 18.9 Å². The molecule has 3 atom stereocenters. The molecule has 2 rings (SSSR count). The average molecular weight is 276 g/mol. The lowest BCUT2D eigenvalue weighted by Gasteiger charge is -2.18. The number of nitrogens with one attached hydrogen (secondary N) is 2. The first-order valence-electron chi connectivity index (χ1n) is 7.29. The molecule has 1 aromatic rings. The normalized spacial score (nSPS) is 23.9. The summed E-state index contributed by atoms with van der Waals surface area (Å²) in [5.74, 6) is 0.472. The maximum absolute atomic E-state index is 12.1. The van der Waals surface area contributed by atoms with Crippen LogP contribution in [0.25, 0.3) is 0 Å². The van der Waals surface area contributed by atoms with Crippen LogP contribution in [0.15, 0.2) is 24.3 Å². The largest absolute Gasteiger partial charge is 0.392 e. The molecule has 1 saturated heterocycles. The number of hydrogen-bond donors (Lipinski definition) is 3. The molecule has 110 valence electrons. The fraction of sp³-hybridized carbons (Fsp3) is 0.562.